The number of amides is 1. The fourth-order valence-electron chi connectivity index (χ4n) is 1.20. The van der Waals surface area contributed by atoms with E-state index in [1.54, 1.807) is 0 Å². The predicted molar refractivity (Wildman–Crippen MR) is 49.7 cm³/mol. The monoisotopic (exact) mass is 180 g/mol. The van der Waals surface area contributed by atoms with E-state index >= 15 is 0 Å². The Morgan fingerprint density at radius 3 is 2.38 bits per heavy atom. The molecule has 1 rings (SSSR count). The normalized spacial score (nSPS) is 20.5. The third kappa shape index (κ3) is 2.45. The van der Waals surface area contributed by atoms with Crippen LogP contribution in [-0.4, -0.2) is 11.4 Å². The molecule has 1 aliphatic rings. The average molecular weight is 180 g/mol. The summed E-state index contributed by atoms with van der Waals surface area (Å²) >= 11 is 0. The van der Waals surface area contributed by atoms with Crippen LogP contribution in [0.1, 0.15) is 33.6 Å². The van der Waals surface area contributed by atoms with Gasteiger partial charge in [0.25, 0.3) is 0 Å². The van der Waals surface area contributed by atoms with Gasteiger partial charge in [-0.25, -0.2) is 0 Å². The van der Waals surface area contributed by atoms with Gasteiger partial charge in [-0.1, -0.05) is 13.8 Å². The molecule has 13 heavy (non-hydrogen) atoms. The first-order chi connectivity index (χ1) is 5.98. The summed E-state index contributed by atoms with van der Waals surface area (Å²) in [4.78, 5) is 11.5. The molecule has 0 aromatic rings. The maximum absolute atomic E-state index is 11.5. The van der Waals surface area contributed by atoms with Gasteiger partial charge >= 0.3 is 0 Å². The molecule has 0 aliphatic heterocycles. The zero-order chi connectivity index (χ0) is 10.1. The van der Waals surface area contributed by atoms with Crippen molar-refractivity contribution in [1.29, 1.82) is 5.26 Å². The van der Waals surface area contributed by atoms with Crippen LogP contribution < -0.4 is 5.32 Å². The summed E-state index contributed by atoms with van der Waals surface area (Å²) in [5.74, 6) is -0.526. The minimum Gasteiger partial charge on any atom is -0.350 e. The van der Waals surface area contributed by atoms with E-state index in [1.807, 2.05) is 26.8 Å². The highest BCUT2D eigenvalue weighted by molar-refractivity contribution is 5.82. The van der Waals surface area contributed by atoms with Crippen molar-refractivity contribution in [2.24, 2.45) is 11.8 Å². The molecule has 0 heterocycles. The van der Waals surface area contributed by atoms with Crippen molar-refractivity contribution in [1.82, 2.24) is 5.32 Å². The Morgan fingerprint density at radius 1 is 1.54 bits per heavy atom. The number of nitrogens with one attached hydrogen (secondary N) is 1. The quantitative estimate of drug-likeness (QED) is 0.714. The van der Waals surface area contributed by atoms with Gasteiger partial charge in [0.05, 0.1) is 6.07 Å². The van der Waals surface area contributed by atoms with E-state index in [0.717, 1.165) is 12.8 Å². The Balaban J connectivity index is 2.51. The third-order valence-corrected chi connectivity index (χ3v) is 2.51. The molecule has 3 nitrogen and oxygen atoms in total. The summed E-state index contributed by atoms with van der Waals surface area (Å²) in [7, 11) is 0. The Kier molecular flexibility index (Phi) is 2.60. The van der Waals surface area contributed by atoms with Crippen molar-refractivity contribution in [3.05, 3.63) is 0 Å². The van der Waals surface area contributed by atoms with E-state index < -0.39 is 5.92 Å². The number of carbonyl (C=O) groups excluding carboxylic acids is 1. The molecule has 0 spiro atoms. The molecule has 1 N–H and O–H groups in total. The Morgan fingerprint density at radius 2 is 2.08 bits per heavy atom. The molecule has 0 bridgehead atoms. The molecular weight excluding hydrogens is 164 g/mol. The zero-order valence-electron chi connectivity index (χ0n) is 8.42. The molecule has 72 valence electrons. The largest absolute Gasteiger partial charge is 0.350 e. The molecule has 1 saturated carbocycles. The lowest BCUT2D eigenvalue weighted by atomic mass is 9.96. The second-order valence-corrected chi connectivity index (χ2v) is 4.40. The van der Waals surface area contributed by atoms with E-state index in [2.05, 4.69) is 5.32 Å². The third-order valence-electron chi connectivity index (χ3n) is 2.51. The highest BCUT2D eigenvalue weighted by atomic mass is 16.2. The summed E-state index contributed by atoms with van der Waals surface area (Å²) < 4.78 is 0. The fourth-order valence-corrected chi connectivity index (χ4v) is 1.20. The van der Waals surface area contributed by atoms with Gasteiger partial charge in [-0.15, -0.1) is 0 Å². The zero-order valence-corrected chi connectivity index (χ0v) is 8.42. The van der Waals surface area contributed by atoms with Gasteiger partial charge < -0.3 is 5.32 Å². The first kappa shape index (κ1) is 10.0. The molecular formula is C10H16N2O. The lowest BCUT2D eigenvalue weighted by molar-refractivity contribution is -0.125. The van der Waals surface area contributed by atoms with Crippen LogP contribution in [-0.2, 0) is 4.79 Å². The van der Waals surface area contributed by atoms with Crippen LogP contribution in [0.25, 0.3) is 0 Å². The van der Waals surface area contributed by atoms with Gasteiger partial charge in [0.2, 0.25) is 5.91 Å². The maximum atomic E-state index is 11.5. The summed E-state index contributed by atoms with van der Waals surface area (Å²) in [6, 6.07) is 2.04. The second-order valence-electron chi connectivity index (χ2n) is 4.40. The Hall–Kier alpha value is -1.04. The van der Waals surface area contributed by atoms with E-state index in [9.17, 15) is 4.79 Å². The molecule has 1 atom stereocenters. The van der Waals surface area contributed by atoms with Crippen molar-refractivity contribution < 1.29 is 4.79 Å². The van der Waals surface area contributed by atoms with Gasteiger partial charge in [-0.05, 0) is 25.7 Å². The lowest BCUT2D eigenvalue weighted by Gasteiger charge is -2.16. The van der Waals surface area contributed by atoms with Crippen LogP contribution in [0.4, 0.5) is 0 Å². The summed E-state index contributed by atoms with van der Waals surface area (Å²) in [6.45, 7) is 5.80. The second kappa shape index (κ2) is 3.37. The van der Waals surface area contributed by atoms with Crippen LogP contribution >= 0.6 is 0 Å². The van der Waals surface area contributed by atoms with Gasteiger partial charge in [-0.3, -0.25) is 4.79 Å². The maximum Gasteiger partial charge on any atom is 0.238 e. The standard InChI is InChI=1S/C10H16N2O/c1-7(2)8(6-11)9(13)12-10(3)4-5-10/h7-8H,4-5H2,1-3H3,(H,12,13). The Labute approximate surface area is 79.1 Å². The highest BCUT2D eigenvalue weighted by Gasteiger charge is 2.40. The predicted octanol–water partition coefficient (Wildman–Crippen LogP) is 1.45. The van der Waals surface area contributed by atoms with Crippen LogP contribution in [0.5, 0.6) is 0 Å². The molecule has 0 aromatic heterocycles. The molecule has 0 saturated heterocycles. The summed E-state index contributed by atoms with van der Waals surface area (Å²) in [5.41, 5.74) is -0.0128. The molecule has 1 unspecified atom stereocenters. The van der Waals surface area contributed by atoms with Gasteiger partial charge in [0.1, 0.15) is 5.92 Å². The molecule has 0 aromatic carbocycles. The first-order valence-electron chi connectivity index (χ1n) is 4.70. The highest BCUT2D eigenvalue weighted by Crippen LogP contribution is 2.34. The number of nitrogens with zero attached hydrogens (tertiary/aromatic N) is 1. The van der Waals surface area contributed by atoms with E-state index in [1.165, 1.54) is 0 Å². The molecule has 0 radical (unpaired) electrons. The summed E-state index contributed by atoms with van der Waals surface area (Å²) in [5, 5.41) is 11.7. The smallest absolute Gasteiger partial charge is 0.238 e. The van der Waals surface area contributed by atoms with Crippen molar-refractivity contribution in [2.45, 2.75) is 39.2 Å². The first-order valence-corrected chi connectivity index (χ1v) is 4.70. The van der Waals surface area contributed by atoms with Crippen LogP contribution in [0.15, 0.2) is 0 Å². The minimum absolute atomic E-state index is 0.0128. The van der Waals surface area contributed by atoms with Crippen molar-refractivity contribution >= 4 is 5.91 Å². The lowest BCUT2D eigenvalue weighted by Crippen LogP contribution is -2.39. The minimum atomic E-state index is -0.502. The van der Waals surface area contributed by atoms with Crippen molar-refractivity contribution in [2.75, 3.05) is 0 Å². The number of carbonyl (C=O) groups is 1. The average Bonchev–Trinajstić information content (AvgIpc) is 2.67. The topological polar surface area (TPSA) is 52.9 Å². The SMILES string of the molecule is CC(C)C(C#N)C(=O)NC1(C)CC1. The number of hydrogen-bond donors (Lipinski definition) is 1. The molecule has 1 amide bonds. The Bertz CT molecular complexity index is 248. The van der Waals surface area contributed by atoms with E-state index in [-0.39, 0.29) is 17.4 Å². The molecule has 3 heteroatoms. The van der Waals surface area contributed by atoms with Crippen LogP contribution in [0, 0.1) is 23.2 Å². The fraction of sp³-hybridized carbons (Fsp3) is 0.800. The van der Waals surface area contributed by atoms with Crippen molar-refractivity contribution in [3.63, 3.8) is 0 Å². The molecule has 1 aliphatic carbocycles. The molecule has 1 fully saturated rings. The van der Waals surface area contributed by atoms with Crippen LogP contribution in [0.2, 0.25) is 0 Å². The van der Waals surface area contributed by atoms with Crippen molar-refractivity contribution in [3.8, 4) is 6.07 Å². The summed E-state index contributed by atoms with van der Waals surface area (Å²) in [6.07, 6.45) is 2.07. The number of nitriles is 1. The van der Waals surface area contributed by atoms with Gasteiger partial charge in [0, 0.05) is 5.54 Å². The van der Waals surface area contributed by atoms with Crippen LogP contribution in [0.3, 0.4) is 0 Å². The number of rotatable bonds is 3. The number of hydrogen-bond acceptors (Lipinski definition) is 2. The van der Waals surface area contributed by atoms with E-state index in [4.69, 9.17) is 5.26 Å². The van der Waals surface area contributed by atoms with E-state index in [0.29, 0.717) is 0 Å². The van der Waals surface area contributed by atoms with Gasteiger partial charge in [-0.2, -0.15) is 5.26 Å². The van der Waals surface area contributed by atoms with Gasteiger partial charge in [0.15, 0.2) is 0 Å².